The molecule has 1 fully saturated rings. The minimum Gasteiger partial charge on any atom is -0.348 e. The fourth-order valence-corrected chi connectivity index (χ4v) is 5.19. The van der Waals surface area contributed by atoms with Crippen LogP contribution in [0.1, 0.15) is 12.8 Å². The average Bonchev–Trinajstić information content (AvgIpc) is 3.40. The number of thiazole rings is 1. The minimum atomic E-state index is -0.233. The van der Waals surface area contributed by atoms with Crippen LogP contribution < -0.4 is 15.8 Å². The molecule has 10 heteroatoms. The van der Waals surface area contributed by atoms with Crippen molar-refractivity contribution in [3.63, 3.8) is 0 Å². The Bertz CT molecular complexity index is 1150. The molecule has 2 aromatic heterocycles. The van der Waals surface area contributed by atoms with Gasteiger partial charge in [0.2, 0.25) is 5.91 Å². The molecule has 1 aliphatic rings. The summed E-state index contributed by atoms with van der Waals surface area (Å²) in [5.74, 6) is -0.146. The highest BCUT2D eigenvalue weighted by Gasteiger charge is 2.21. The van der Waals surface area contributed by atoms with Crippen LogP contribution in [0.15, 0.2) is 46.9 Å². The zero-order valence-electron chi connectivity index (χ0n) is 16.1. The molecule has 3 heterocycles. The van der Waals surface area contributed by atoms with Gasteiger partial charge in [0.05, 0.1) is 16.5 Å². The van der Waals surface area contributed by atoms with Gasteiger partial charge in [0.25, 0.3) is 5.56 Å². The number of amides is 1. The number of thioether (sulfide) groups is 1. The number of hydrogen-bond donors (Lipinski definition) is 1. The molecule has 0 spiro atoms. The Balaban J connectivity index is 1.58. The van der Waals surface area contributed by atoms with E-state index in [1.807, 2.05) is 0 Å². The number of carbonyl (C=O) groups excluding carboxylic acids is 1. The molecule has 0 aliphatic carbocycles. The van der Waals surface area contributed by atoms with Gasteiger partial charge < -0.3 is 10.2 Å². The Morgan fingerprint density at radius 3 is 2.80 bits per heavy atom. The number of carbonyl (C=O) groups is 1. The second-order valence-corrected chi connectivity index (χ2v) is 9.09. The van der Waals surface area contributed by atoms with Crippen molar-refractivity contribution >= 4 is 61.8 Å². The first-order chi connectivity index (χ1) is 14.6. The number of anilines is 2. The summed E-state index contributed by atoms with van der Waals surface area (Å²) in [5, 5.41) is 4.52. The van der Waals surface area contributed by atoms with Gasteiger partial charge in [-0.3, -0.25) is 14.2 Å². The van der Waals surface area contributed by atoms with E-state index in [4.69, 9.17) is 11.6 Å². The molecule has 1 aromatic carbocycles. The second-order valence-electron chi connectivity index (χ2n) is 6.76. The van der Waals surface area contributed by atoms with Gasteiger partial charge >= 0.3 is 0 Å². The van der Waals surface area contributed by atoms with E-state index in [9.17, 15) is 9.59 Å². The van der Waals surface area contributed by atoms with Crippen LogP contribution in [0.4, 0.5) is 10.8 Å². The van der Waals surface area contributed by atoms with Crippen molar-refractivity contribution in [2.45, 2.75) is 24.5 Å². The predicted octanol–water partition coefficient (Wildman–Crippen LogP) is 4.02. The zero-order valence-corrected chi connectivity index (χ0v) is 18.5. The molecule has 1 aliphatic heterocycles. The highest BCUT2D eigenvalue weighted by atomic mass is 35.5. The van der Waals surface area contributed by atoms with E-state index in [0.717, 1.165) is 31.1 Å². The standard InChI is InChI=1S/C20H20ClN5O2S2/c1-2-9-26-18(28)16-17(23-19(30-16)25-10-5-6-11-25)24-20(26)29-12-15(27)22-14-8-4-3-7-13(14)21/h2-4,7-8H,1,5-6,9-12H2,(H,22,27). The number of nitrogens with zero attached hydrogens (tertiary/aromatic N) is 4. The first-order valence-corrected chi connectivity index (χ1v) is 11.7. The normalized spacial score (nSPS) is 13.7. The highest BCUT2D eigenvalue weighted by molar-refractivity contribution is 7.99. The van der Waals surface area contributed by atoms with E-state index >= 15 is 0 Å². The fourth-order valence-electron chi connectivity index (χ4n) is 3.20. The zero-order chi connectivity index (χ0) is 21.1. The van der Waals surface area contributed by atoms with Gasteiger partial charge in [-0.15, -0.1) is 6.58 Å². The molecular formula is C20H20ClN5O2S2. The van der Waals surface area contributed by atoms with Crippen LogP contribution in [0.2, 0.25) is 5.02 Å². The van der Waals surface area contributed by atoms with E-state index in [-0.39, 0.29) is 17.2 Å². The lowest BCUT2D eigenvalue weighted by Crippen LogP contribution is -2.23. The number of allylic oxidation sites excluding steroid dienone is 1. The molecule has 0 unspecified atom stereocenters. The molecule has 1 amide bonds. The molecular weight excluding hydrogens is 442 g/mol. The van der Waals surface area contributed by atoms with Gasteiger partial charge in [-0.05, 0) is 25.0 Å². The first-order valence-electron chi connectivity index (χ1n) is 9.51. The lowest BCUT2D eigenvalue weighted by molar-refractivity contribution is -0.113. The monoisotopic (exact) mass is 461 g/mol. The van der Waals surface area contributed by atoms with Gasteiger partial charge in [0.1, 0.15) is 4.70 Å². The van der Waals surface area contributed by atoms with Crippen molar-refractivity contribution in [3.8, 4) is 0 Å². The van der Waals surface area contributed by atoms with Crippen molar-refractivity contribution < 1.29 is 4.79 Å². The maximum Gasteiger partial charge on any atom is 0.274 e. The van der Waals surface area contributed by atoms with Crippen LogP contribution in [0, 0.1) is 0 Å². The van der Waals surface area contributed by atoms with Crippen LogP contribution in [-0.4, -0.2) is 39.3 Å². The number of benzene rings is 1. The van der Waals surface area contributed by atoms with Crippen molar-refractivity contribution in [3.05, 3.63) is 52.3 Å². The Hall–Kier alpha value is -2.36. The summed E-state index contributed by atoms with van der Waals surface area (Å²) in [6.45, 7) is 5.95. The summed E-state index contributed by atoms with van der Waals surface area (Å²) in [4.78, 5) is 36.8. The van der Waals surface area contributed by atoms with Crippen LogP contribution in [0.25, 0.3) is 10.3 Å². The van der Waals surface area contributed by atoms with Crippen LogP contribution in [-0.2, 0) is 11.3 Å². The lowest BCUT2D eigenvalue weighted by atomic mass is 10.3. The maximum atomic E-state index is 13.0. The fraction of sp³-hybridized carbons (Fsp3) is 0.300. The number of halogens is 1. The summed E-state index contributed by atoms with van der Waals surface area (Å²) < 4.78 is 2.07. The smallest absolute Gasteiger partial charge is 0.274 e. The summed E-state index contributed by atoms with van der Waals surface area (Å²) in [5.41, 5.74) is 0.824. The van der Waals surface area contributed by atoms with Gasteiger partial charge in [0.15, 0.2) is 15.9 Å². The molecule has 156 valence electrons. The lowest BCUT2D eigenvalue weighted by Gasteiger charge is -2.11. The third kappa shape index (κ3) is 4.38. The number of hydrogen-bond acceptors (Lipinski definition) is 7. The van der Waals surface area contributed by atoms with E-state index in [1.165, 1.54) is 27.7 Å². The van der Waals surface area contributed by atoms with Crippen molar-refractivity contribution in [1.29, 1.82) is 0 Å². The maximum absolute atomic E-state index is 13.0. The molecule has 4 rings (SSSR count). The molecule has 0 saturated carbocycles. The topological polar surface area (TPSA) is 80.1 Å². The summed E-state index contributed by atoms with van der Waals surface area (Å²) >= 11 is 8.66. The van der Waals surface area contributed by atoms with E-state index in [2.05, 4.69) is 26.8 Å². The van der Waals surface area contributed by atoms with Crippen LogP contribution in [0.3, 0.4) is 0 Å². The average molecular weight is 462 g/mol. The van der Waals surface area contributed by atoms with Gasteiger partial charge in [-0.2, -0.15) is 4.98 Å². The van der Waals surface area contributed by atoms with Crippen LogP contribution >= 0.6 is 34.7 Å². The predicted molar refractivity (Wildman–Crippen MR) is 124 cm³/mol. The number of rotatable bonds is 7. The SMILES string of the molecule is C=CCn1c(SCC(=O)Nc2ccccc2Cl)nc2nc(N3CCCC3)sc2c1=O. The Morgan fingerprint density at radius 2 is 2.07 bits per heavy atom. The van der Waals surface area contributed by atoms with Gasteiger partial charge in [0, 0.05) is 19.6 Å². The van der Waals surface area contributed by atoms with Crippen molar-refractivity contribution in [1.82, 2.24) is 14.5 Å². The van der Waals surface area contributed by atoms with E-state index in [0.29, 0.717) is 32.8 Å². The Morgan fingerprint density at radius 1 is 1.30 bits per heavy atom. The third-order valence-electron chi connectivity index (χ3n) is 4.64. The molecule has 0 atom stereocenters. The largest absolute Gasteiger partial charge is 0.348 e. The Kier molecular flexibility index (Phi) is 6.40. The Labute approximate surface area is 186 Å². The molecule has 3 aromatic rings. The number of aromatic nitrogens is 3. The molecule has 0 radical (unpaired) electrons. The highest BCUT2D eigenvalue weighted by Crippen LogP contribution is 2.29. The number of para-hydroxylation sites is 1. The van der Waals surface area contributed by atoms with E-state index in [1.54, 1.807) is 30.3 Å². The van der Waals surface area contributed by atoms with Crippen LogP contribution in [0.5, 0.6) is 0 Å². The third-order valence-corrected chi connectivity index (χ3v) is 7.04. The number of fused-ring (bicyclic) bond motifs is 1. The van der Waals surface area contributed by atoms with Crippen molar-refractivity contribution in [2.75, 3.05) is 29.1 Å². The first kappa shape index (κ1) is 20.9. The number of nitrogens with one attached hydrogen (secondary N) is 1. The van der Waals surface area contributed by atoms with Crippen molar-refractivity contribution in [2.24, 2.45) is 0 Å². The summed E-state index contributed by atoms with van der Waals surface area (Å²) in [6, 6.07) is 7.04. The van der Waals surface area contributed by atoms with Gasteiger partial charge in [-0.25, -0.2) is 4.98 Å². The molecule has 7 nitrogen and oxygen atoms in total. The molecule has 1 N–H and O–H groups in total. The second kappa shape index (κ2) is 9.20. The van der Waals surface area contributed by atoms with Gasteiger partial charge in [-0.1, -0.05) is 52.9 Å². The minimum absolute atomic E-state index is 0.0867. The quantitative estimate of drug-likeness (QED) is 0.325. The van der Waals surface area contributed by atoms with E-state index < -0.39 is 0 Å². The molecule has 30 heavy (non-hydrogen) atoms. The summed E-state index contributed by atoms with van der Waals surface area (Å²) in [7, 11) is 0. The molecule has 0 bridgehead atoms. The summed E-state index contributed by atoms with van der Waals surface area (Å²) in [6.07, 6.45) is 3.91. The molecule has 1 saturated heterocycles.